The molecule has 22 heavy (non-hydrogen) atoms. The zero-order valence-electron chi connectivity index (χ0n) is 13.3. The summed E-state index contributed by atoms with van der Waals surface area (Å²) in [5.41, 5.74) is 1.47. The lowest BCUT2D eigenvalue weighted by Gasteiger charge is -2.32. The van der Waals surface area contributed by atoms with Crippen molar-refractivity contribution in [1.29, 1.82) is 0 Å². The summed E-state index contributed by atoms with van der Waals surface area (Å²) in [4.78, 5) is 0. The number of nitrogens with zero attached hydrogens (tertiary/aromatic N) is 2. The van der Waals surface area contributed by atoms with E-state index in [-0.39, 0.29) is 18.3 Å². The molecule has 1 fully saturated rings. The number of hydrogen-bond acceptors (Lipinski definition) is 3. The van der Waals surface area contributed by atoms with E-state index in [1.807, 2.05) is 35.3 Å². The van der Waals surface area contributed by atoms with Crippen LogP contribution in [0, 0.1) is 0 Å². The minimum absolute atomic E-state index is 0.331. The smallest absolute Gasteiger partial charge is 0.399 e. The zero-order chi connectivity index (χ0) is 16.0. The van der Waals surface area contributed by atoms with Gasteiger partial charge in [0.25, 0.3) is 0 Å². The third-order valence-corrected chi connectivity index (χ3v) is 5.24. The molecule has 2 aromatic rings. The second-order valence-electron chi connectivity index (χ2n) is 6.65. The second-order valence-corrected chi connectivity index (χ2v) is 7.51. The van der Waals surface area contributed by atoms with Crippen LogP contribution >= 0.6 is 15.9 Å². The van der Waals surface area contributed by atoms with Gasteiger partial charge in [0.2, 0.25) is 0 Å². The molecular weight excluding hydrogens is 343 g/mol. The minimum atomic E-state index is -0.363. The molecular formula is C16H20BBrN2O2. The summed E-state index contributed by atoms with van der Waals surface area (Å²) >= 11 is 3.57. The van der Waals surface area contributed by atoms with Crippen LogP contribution in [-0.4, -0.2) is 28.1 Å². The van der Waals surface area contributed by atoms with Gasteiger partial charge in [-0.05, 0) is 39.3 Å². The molecule has 0 atom stereocenters. The normalized spacial score (nSPS) is 19.6. The highest BCUT2D eigenvalue weighted by molar-refractivity contribution is 9.10. The van der Waals surface area contributed by atoms with Gasteiger partial charge in [0.15, 0.2) is 0 Å². The largest absolute Gasteiger partial charge is 0.498 e. The minimum Gasteiger partial charge on any atom is -0.399 e. The maximum absolute atomic E-state index is 6.05. The monoisotopic (exact) mass is 362 g/mol. The van der Waals surface area contributed by atoms with Gasteiger partial charge in [-0.25, -0.2) is 0 Å². The van der Waals surface area contributed by atoms with Crippen molar-refractivity contribution >= 4 is 28.5 Å². The SMILES string of the molecule is CC1(C)OB(c2cnn(Cc3ccccc3Br)c2)OC1(C)C. The van der Waals surface area contributed by atoms with E-state index >= 15 is 0 Å². The maximum atomic E-state index is 6.05. The molecule has 6 heteroatoms. The van der Waals surface area contributed by atoms with Crippen molar-refractivity contribution in [3.63, 3.8) is 0 Å². The Morgan fingerprint density at radius 1 is 1.14 bits per heavy atom. The van der Waals surface area contributed by atoms with Gasteiger partial charge in [0.1, 0.15) is 0 Å². The number of aromatic nitrogens is 2. The lowest BCUT2D eigenvalue weighted by Crippen LogP contribution is -2.41. The summed E-state index contributed by atoms with van der Waals surface area (Å²) in [7, 11) is -0.363. The highest BCUT2D eigenvalue weighted by Crippen LogP contribution is 2.36. The third-order valence-electron chi connectivity index (χ3n) is 4.47. The van der Waals surface area contributed by atoms with Crippen molar-refractivity contribution < 1.29 is 9.31 Å². The number of hydrogen-bond donors (Lipinski definition) is 0. The average Bonchev–Trinajstić information content (AvgIpc) is 2.96. The van der Waals surface area contributed by atoms with Gasteiger partial charge in [-0.2, -0.15) is 5.10 Å². The van der Waals surface area contributed by atoms with Crippen LogP contribution in [0.3, 0.4) is 0 Å². The Hall–Kier alpha value is -1.11. The first-order valence-electron chi connectivity index (χ1n) is 7.40. The molecule has 1 aliphatic heterocycles. The molecule has 116 valence electrons. The average molecular weight is 363 g/mol. The van der Waals surface area contributed by atoms with Crippen molar-refractivity contribution in [1.82, 2.24) is 9.78 Å². The van der Waals surface area contributed by atoms with E-state index in [9.17, 15) is 0 Å². The molecule has 0 spiro atoms. The Morgan fingerprint density at radius 2 is 1.77 bits per heavy atom. The van der Waals surface area contributed by atoms with Crippen LogP contribution in [0.25, 0.3) is 0 Å². The molecule has 0 amide bonds. The molecule has 0 saturated carbocycles. The number of benzene rings is 1. The molecule has 0 radical (unpaired) electrons. The lowest BCUT2D eigenvalue weighted by atomic mass is 9.82. The van der Waals surface area contributed by atoms with Crippen molar-refractivity contribution in [2.45, 2.75) is 45.4 Å². The van der Waals surface area contributed by atoms with Gasteiger partial charge < -0.3 is 9.31 Å². The van der Waals surface area contributed by atoms with Crippen molar-refractivity contribution in [2.75, 3.05) is 0 Å². The molecule has 0 aliphatic carbocycles. The van der Waals surface area contributed by atoms with Gasteiger partial charge in [0, 0.05) is 22.3 Å². The first-order valence-corrected chi connectivity index (χ1v) is 8.19. The molecule has 0 N–H and O–H groups in total. The Bertz CT molecular complexity index is 668. The van der Waals surface area contributed by atoms with E-state index in [0.29, 0.717) is 6.54 Å². The van der Waals surface area contributed by atoms with Crippen LogP contribution in [0.2, 0.25) is 0 Å². The standard InChI is InChI=1S/C16H20BBrN2O2/c1-15(2)16(3,4)22-17(21-15)13-9-19-20(11-13)10-12-7-5-6-8-14(12)18/h5-9,11H,10H2,1-4H3. The summed E-state index contributed by atoms with van der Waals surface area (Å²) in [6.45, 7) is 8.93. The Balaban J connectivity index is 1.77. The molecule has 0 unspecified atom stereocenters. The first-order chi connectivity index (χ1) is 10.3. The summed E-state index contributed by atoms with van der Waals surface area (Å²) in [5.74, 6) is 0. The van der Waals surface area contributed by atoms with Crippen LogP contribution in [0.4, 0.5) is 0 Å². The second kappa shape index (κ2) is 5.51. The Morgan fingerprint density at radius 3 is 2.41 bits per heavy atom. The highest BCUT2D eigenvalue weighted by atomic mass is 79.9. The molecule has 1 aromatic carbocycles. The fourth-order valence-electron chi connectivity index (χ4n) is 2.37. The van der Waals surface area contributed by atoms with Crippen LogP contribution < -0.4 is 5.46 Å². The predicted octanol–water partition coefficient (Wildman–Crippen LogP) is 2.99. The molecule has 1 aromatic heterocycles. The van der Waals surface area contributed by atoms with Gasteiger partial charge in [-0.15, -0.1) is 0 Å². The van der Waals surface area contributed by atoms with E-state index < -0.39 is 0 Å². The van der Waals surface area contributed by atoms with Crippen molar-refractivity contribution in [2.24, 2.45) is 0 Å². The molecule has 0 bridgehead atoms. The third kappa shape index (κ3) is 2.87. The number of halogens is 1. The van der Waals surface area contributed by atoms with Gasteiger partial charge in [0.05, 0.1) is 17.7 Å². The van der Waals surface area contributed by atoms with Gasteiger partial charge in [-0.3, -0.25) is 4.68 Å². The molecule has 1 saturated heterocycles. The molecule has 4 nitrogen and oxygen atoms in total. The Labute approximate surface area is 140 Å². The van der Waals surface area contributed by atoms with Crippen LogP contribution in [-0.2, 0) is 15.9 Å². The van der Waals surface area contributed by atoms with E-state index in [1.165, 1.54) is 5.56 Å². The fourth-order valence-corrected chi connectivity index (χ4v) is 2.78. The highest BCUT2D eigenvalue weighted by Gasteiger charge is 2.52. The van der Waals surface area contributed by atoms with E-state index in [2.05, 4.69) is 54.8 Å². The van der Waals surface area contributed by atoms with Crippen LogP contribution in [0.5, 0.6) is 0 Å². The topological polar surface area (TPSA) is 36.3 Å². The zero-order valence-corrected chi connectivity index (χ0v) is 14.9. The van der Waals surface area contributed by atoms with Crippen molar-refractivity contribution in [3.8, 4) is 0 Å². The van der Waals surface area contributed by atoms with Gasteiger partial charge >= 0.3 is 7.12 Å². The van der Waals surface area contributed by atoms with Gasteiger partial charge in [-0.1, -0.05) is 34.1 Å². The summed E-state index contributed by atoms with van der Waals surface area (Å²) in [6, 6.07) is 8.15. The van der Waals surface area contributed by atoms with Crippen molar-refractivity contribution in [3.05, 3.63) is 46.7 Å². The quantitative estimate of drug-likeness (QED) is 0.787. The van der Waals surface area contributed by atoms with E-state index in [4.69, 9.17) is 9.31 Å². The fraction of sp³-hybridized carbons (Fsp3) is 0.438. The predicted molar refractivity (Wildman–Crippen MR) is 91.2 cm³/mol. The molecule has 3 rings (SSSR count). The Kier molecular flexibility index (Phi) is 3.95. The number of rotatable bonds is 3. The van der Waals surface area contributed by atoms with Crippen LogP contribution in [0.1, 0.15) is 33.3 Å². The molecule has 2 heterocycles. The summed E-state index contributed by atoms with van der Waals surface area (Å²) in [6.07, 6.45) is 3.81. The maximum Gasteiger partial charge on any atom is 0.498 e. The lowest BCUT2D eigenvalue weighted by molar-refractivity contribution is 0.00578. The van der Waals surface area contributed by atoms with E-state index in [1.54, 1.807) is 0 Å². The van der Waals surface area contributed by atoms with Crippen LogP contribution in [0.15, 0.2) is 41.1 Å². The first kappa shape index (κ1) is 15.8. The summed E-state index contributed by atoms with van der Waals surface area (Å²) in [5, 5.41) is 4.43. The summed E-state index contributed by atoms with van der Waals surface area (Å²) < 4.78 is 15.1. The van der Waals surface area contributed by atoms with E-state index in [0.717, 1.165) is 9.94 Å². The molecule has 1 aliphatic rings.